The second-order valence-corrected chi connectivity index (χ2v) is 9.70. The maximum Gasteiger partial charge on any atom is 0.338 e. The summed E-state index contributed by atoms with van der Waals surface area (Å²) in [6.45, 7) is 13.2. The van der Waals surface area contributed by atoms with Crippen LogP contribution in [-0.2, 0) is 14.3 Å². The summed E-state index contributed by atoms with van der Waals surface area (Å²) >= 11 is 0. The molecule has 0 aliphatic carbocycles. The van der Waals surface area contributed by atoms with Crippen molar-refractivity contribution < 1.29 is 19.1 Å². The average Bonchev–Trinajstić information content (AvgIpc) is 2.86. The Morgan fingerprint density at radius 1 is 0.611 bits per heavy atom. The number of unbranched alkanes of at least 4 members (excludes halogenated alkanes) is 15. The molecule has 0 unspecified atom stereocenters. The van der Waals surface area contributed by atoms with E-state index < -0.39 is 0 Å². The van der Waals surface area contributed by atoms with Crippen molar-refractivity contribution >= 4 is 11.9 Å². The number of hydrogen-bond acceptors (Lipinski definition) is 4. The molecule has 0 saturated carbocycles. The Kier molecular flexibility index (Phi) is 22.7. The van der Waals surface area contributed by atoms with Gasteiger partial charge in [-0.05, 0) is 32.4 Å². The molecule has 0 heterocycles. The van der Waals surface area contributed by atoms with E-state index in [1.165, 1.54) is 96.3 Å². The SMILES string of the molecule is C=C(C)C(=O)OCCCCCCCCCCCCCCCCCC.C=C(C)C(=O)Oc1ccccc1. The first-order chi connectivity index (χ1) is 17.4. The number of benzene rings is 1. The van der Waals surface area contributed by atoms with Gasteiger partial charge in [-0.25, -0.2) is 9.59 Å². The smallest absolute Gasteiger partial charge is 0.338 e. The van der Waals surface area contributed by atoms with Gasteiger partial charge in [0.2, 0.25) is 0 Å². The van der Waals surface area contributed by atoms with E-state index in [-0.39, 0.29) is 11.9 Å². The van der Waals surface area contributed by atoms with Gasteiger partial charge in [0.1, 0.15) is 5.75 Å². The molecule has 0 bridgehead atoms. The minimum atomic E-state index is -0.388. The molecule has 0 fully saturated rings. The predicted molar refractivity (Wildman–Crippen MR) is 152 cm³/mol. The molecule has 0 spiro atoms. The second kappa shape index (κ2) is 24.3. The van der Waals surface area contributed by atoms with Gasteiger partial charge in [-0.1, -0.05) is 135 Å². The van der Waals surface area contributed by atoms with Gasteiger partial charge >= 0.3 is 11.9 Å². The van der Waals surface area contributed by atoms with E-state index in [0.717, 1.165) is 6.42 Å². The molecule has 0 aliphatic heterocycles. The Morgan fingerprint density at radius 3 is 1.39 bits per heavy atom. The van der Waals surface area contributed by atoms with Crippen LogP contribution in [0.15, 0.2) is 54.6 Å². The van der Waals surface area contributed by atoms with E-state index in [1.54, 1.807) is 38.1 Å². The highest BCUT2D eigenvalue weighted by Crippen LogP contribution is 2.14. The summed E-state index contributed by atoms with van der Waals surface area (Å²) in [5, 5.41) is 0. The van der Waals surface area contributed by atoms with Gasteiger partial charge in [0.05, 0.1) is 6.61 Å². The Hall–Kier alpha value is -2.36. The highest BCUT2D eigenvalue weighted by molar-refractivity contribution is 5.88. The molecule has 0 N–H and O–H groups in total. The van der Waals surface area contributed by atoms with E-state index in [0.29, 0.717) is 23.5 Å². The quantitative estimate of drug-likeness (QED) is 0.0774. The van der Waals surface area contributed by atoms with Gasteiger partial charge in [-0.2, -0.15) is 0 Å². The van der Waals surface area contributed by atoms with Crippen LogP contribution in [-0.4, -0.2) is 18.5 Å². The van der Waals surface area contributed by atoms with Crippen molar-refractivity contribution in [2.75, 3.05) is 6.61 Å². The molecule has 36 heavy (non-hydrogen) atoms. The van der Waals surface area contributed by atoms with Crippen LogP contribution in [0.4, 0.5) is 0 Å². The number of carbonyl (C=O) groups is 2. The third kappa shape index (κ3) is 22.1. The molecule has 204 valence electrons. The highest BCUT2D eigenvalue weighted by Gasteiger charge is 2.03. The van der Waals surface area contributed by atoms with Gasteiger partial charge in [0.15, 0.2) is 0 Å². The zero-order valence-electron chi connectivity index (χ0n) is 23.5. The van der Waals surface area contributed by atoms with Crippen molar-refractivity contribution in [1.29, 1.82) is 0 Å². The van der Waals surface area contributed by atoms with E-state index in [9.17, 15) is 9.59 Å². The highest BCUT2D eigenvalue weighted by atomic mass is 16.5. The Morgan fingerprint density at radius 2 is 1.00 bits per heavy atom. The van der Waals surface area contributed by atoms with Gasteiger partial charge in [-0.15, -0.1) is 0 Å². The summed E-state index contributed by atoms with van der Waals surface area (Å²) in [6.07, 6.45) is 21.7. The number of esters is 2. The van der Waals surface area contributed by atoms with Gasteiger partial charge in [0, 0.05) is 11.1 Å². The summed E-state index contributed by atoms with van der Waals surface area (Å²) in [4.78, 5) is 22.2. The Labute approximate surface area is 221 Å². The van der Waals surface area contributed by atoms with Crippen LogP contribution >= 0.6 is 0 Å². The molecule has 1 aromatic rings. The van der Waals surface area contributed by atoms with Crippen molar-refractivity contribution in [3.63, 3.8) is 0 Å². The van der Waals surface area contributed by atoms with Crippen LogP contribution in [0.25, 0.3) is 0 Å². The molecule has 0 saturated heterocycles. The van der Waals surface area contributed by atoms with Crippen LogP contribution < -0.4 is 4.74 Å². The molecule has 1 aromatic carbocycles. The van der Waals surface area contributed by atoms with E-state index in [4.69, 9.17) is 9.47 Å². The number of carbonyl (C=O) groups excluding carboxylic acids is 2. The zero-order chi connectivity index (χ0) is 26.9. The minimum Gasteiger partial charge on any atom is -0.462 e. The lowest BCUT2D eigenvalue weighted by Gasteiger charge is -2.05. The molecule has 0 aliphatic rings. The van der Waals surface area contributed by atoms with E-state index in [2.05, 4.69) is 20.1 Å². The third-order valence-electron chi connectivity index (χ3n) is 5.88. The lowest BCUT2D eigenvalue weighted by Crippen LogP contribution is -2.07. The fourth-order valence-corrected chi connectivity index (χ4v) is 3.62. The normalized spacial score (nSPS) is 10.2. The van der Waals surface area contributed by atoms with Gasteiger partial charge in [-0.3, -0.25) is 0 Å². The minimum absolute atomic E-state index is 0.254. The van der Waals surface area contributed by atoms with Crippen molar-refractivity contribution in [3.8, 4) is 5.75 Å². The fourth-order valence-electron chi connectivity index (χ4n) is 3.62. The maximum atomic E-state index is 11.2. The number of para-hydroxylation sites is 1. The Bertz CT molecular complexity index is 708. The van der Waals surface area contributed by atoms with Crippen molar-refractivity contribution in [3.05, 3.63) is 54.6 Å². The largest absolute Gasteiger partial charge is 0.462 e. The van der Waals surface area contributed by atoms with Crippen LogP contribution in [0.5, 0.6) is 5.75 Å². The van der Waals surface area contributed by atoms with Crippen molar-refractivity contribution in [2.45, 2.75) is 124 Å². The Balaban J connectivity index is 0.000000846. The molecule has 4 nitrogen and oxygen atoms in total. The second-order valence-electron chi connectivity index (χ2n) is 9.70. The van der Waals surface area contributed by atoms with Crippen LogP contribution in [0.2, 0.25) is 0 Å². The zero-order valence-corrected chi connectivity index (χ0v) is 23.5. The predicted octanol–water partition coefficient (Wildman–Crippen LogP) is 9.54. The molecule has 0 amide bonds. The lowest BCUT2D eigenvalue weighted by molar-refractivity contribution is -0.139. The summed E-state index contributed by atoms with van der Waals surface area (Å²) in [5.41, 5.74) is 0.894. The lowest BCUT2D eigenvalue weighted by atomic mass is 10.0. The molecule has 0 aromatic heterocycles. The first-order valence-electron chi connectivity index (χ1n) is 14.1. The van der Waals surface area contributed by atoms with Crippen LogP contribution in [0.1, 0.15) is 124 Å². The average molecular weight is 501 g/mol. The summed E-state index contributed by atoms with van der Waals surface area (Å²) in [6, 6.07) is 8.92. The first-order valence-corrected chi connectivity index (χ1v) is 14.1. The molecule has 0 radical (unpaired) electrons. The van der Waals surface area contributed by atoms with Gasteiger partial charge in [0.25, 0.3) is 0 Å². The molecule has 0 atom stereocenters. The molecule has 4 heteroatoms. The maximum absolute atomic E-state index is 11.2. The monoisotopic (exact) mass is 500 g/mol. The number of rotatable bonds is 20. The topological polar surface area (TPSA) is 52.6 Å². The number of hydrogen-bond donors (Lipinski definition) is 0. The standard InChI is InChI=1S/C22H42O2.C10H10O2/c1-4-5-6-7-8-9-10-11-12-13-14-15-16-17-18-19-20-24-22(23)21(2)3;1-8(2)10(11)12-9-6-4-3-5-7-9/h2,4-20H2,1,3H3;3-7H,1H2,2H3. The summed E-state index contributed by atoms with van der Waals surface area (Å²) in [5.74, 6) is -0.0948. The van der Waals surface area contributed by atoms with Crippen molar-refractivity contribution in [2.24, 2.45) is 0 Å². The van der Waals surface area contributed by atoms with Crippen LogP contribution in [0, 0.1) is 0 Å². The number of ether oxygens (including phenoxy) is 2. The van der Waals surface area contributed by atoms with Crippen LogP contribution in [0.3, 0.4) is 0 Å². The van der Waals surface area contributed by atoms with Crippen molar-refractivity contribution in [1.82, 2.24) is 0 Å². The molecule has 1 rings (SSSR count). The first kappa shape index (κ1) is 33.6. The van der Waals surface area contributed by atoms with E-state index in [1.807, 2.05) is 6.07 Å². The molecular formula is C32H52O4. The molecular weight excluding hydrogens is 448 g/mol. The summed E-state index contributed by atoms with van der Waals surface area (Å²) in [7, 11) is 0. The van der Waals surface area contributed by atoms with E-state index >= 15 is 0 Å². The third-order valence-corrected chi connectivity index (χ3v) is 5.88. The fraction of sp³-hybridized carbons (Fsp3) is 0.625. The van der Waals surface area contributed by atoms with Gasteiger partial charge < -0.3 is 9.47 Å². The summed E-state index contributed by atoms with van der Waals surface area (Å²) < 4.78 is 10.0.